The first-order chi connectivity index (χ1) is 8.89. The zero-order chi connectivity index (χ0) is 14.0. The van der Waals surface area contributed by atoms with E-state index in [1.165, 1.54) is 0 Å². The van der Waals surface area contributed by atoms with E-state index in [0.29, 0.717) is 19.3 Å². The monoisotopic (exact) mass is 289 g/mol. The topological polar surface area (TPSA) is 101 Å². The number of amides is 1. The Morgan fingerprint density at radius 2 is 1.79 bits per heavy atom. The fourth-order valence-corrected chi connectivity index (χ4v) is 4.64. The van der Waals surface area contributed by atoms with Gasteiger partial charge in [0.2, 0.25) is 5.91 Å². The summed E-state index contributed by atoms with van der Waals surface area (Å²) in [6.45, 7) is 0. The van der Waals surface area contributed by atoms with Crippen molar-refractivity contribution in [2.75, 3.05) is 11.5 Å². The molecule has 0 spiro atoms. The fourth-order valence-electron chi connectivity index (χ4n) is 2.90. The molecular weight excluding hydrogens is 270 g/mol. The van der Waals surface area contributed by atoms with Gasteiger partial charge in [-0.15, -0.1) is 0 Å². The first-order valence-electron chi connectivity index (χ1n) is 6.62. The van der Waals surface area contributed by atoms with Crippen LogP contribution in [0, 0.1) is 11.8 Å². The largest absolute Gasteiger partial charge is 0.481 e. The summed E-state index contributed by atoms with van der Waals surface area (Å²) < 4.78 is 22.7. The molecule has 0 radical (unpaired) electrons. The van der Waals surface area contributed by atoms with Crippen molar-refractivity contribution in [1.29, 1.82) is 0 Å². The van der Waals surface area contributed by atoms with Crippen molar-refractivity contribution in [3.8, 4) is 0 Å². The highest BCUT2D eigenvalue weighted by atomic mass is 32.2. The van der Waals surface area contributed by atoms with Crippen LogP contribution in [-0.2, 0) is 19.4 Å². The van der Waals surface area contributed by atoms with E-state index < -0.39 is 27.6 Å². The predicted octanol–water partition coefficient (Wildman–Crippen LogP) is 0.181. The normalized spacial score (nSPS) is 33.8. The van der Waals surface area contributed by atoms with Crippen LogP contribution in [0.25, 0.3) is 0 Å². The Labute approximate surface area is 112 Å². The van der Waals surface area contributed by atoms with Gasteiger partial charge in [-0.3, -0.25) is 9.59 Å². The first-order valence-corrected chi connectivity index (χ1v) is 8.45. The number of hydrogen-bond acceptors (Lipinski definition) is 4. The Kier molecular flexibility index (Phi) is 4.13. The molecule has 1 heterocycles. The van der Waals surface area contributed by atoms with Crippen molar-refractivity contribution in [2.24, 2.45) is 11.8 Å². The molecule has 108 valence electrons. The van der Waals surface area contributed by atoms with Gasteiger partial charge in [-0.2, -0.15) is 0 Å². The number of carbonyl (C=O) groups excluding carboxylic acids is 1. The van der Waals surface area contributed by atoms with Crippen LogP contribution in [0.4, 0.5) is 0 Å². The third-order valence-corrected chi connectivity index (χ3v) is 5.78. The second-order valence-corrected chi connectivity index (χ2v) is 7.67. The second kappa shape index (κ2) is 5.48. The van der Waals surface area contributed by atoms with Crippen molar-refractivity contribution in [2.45, 2.75) is 38.1 Å². The number of hydrogen-bond donors (Lipinski definition) is 2. The molecule has 0 bridgehead atoms. The molecule has 1 saturated carbocycles. The SMILES string of the molecule is O=C(NC1CCCCC1C(=O)O)C1CCS(=O)(=O)C1. The van der Waals surface area contributed by atoms with Gasteiger partial charge in [-0.25, -0.2) is 8.42 Å². The maximum absolute atomic E-state index is 12.0. The molecule has 1 amide bonds. The Morgan fingerprint density at radius 1 is 1.11 bits per heavy atom. The van der Waals surface area contributed by atoms with E-state index in [0.717, 1.165) is 12.8 Å². The van der Waals surface area contributed by atoms with E-state index in [1.54, 1.807) is 0 Å². The number of carbonyl (C=O) groups is 2. The Bertz CT molecular complexity index is 473. The Balaban J connectivity index is 1.96. The number of nitrogens with one attached hydrogen (secondary N) is 1. The van der Waals surface area contributed by atoms with Gasteiger partial charge in [-0.1, -0.05) is 12.8 Å². The minimum Gasteiger partial charge on any atom is -0.481 e. The molecule has 1 saturated heterocycles. The van der Waals surface area contributed by atoms with E-state index >= 15 is 0 Å². The van der Waals surface area contributed by atoms with Crippen LogP contribution in [-0.4, -0.2) is 42.9 Å². The van der Waals surface area contributed by atoms with Crippen LogP contribution < -0.4 is 5.32 Å². The number of carboxylic acid groups (broad SMARTS) is 1. The van der Waals surface area contributed by atoms with Gasteiger partial charge in [0.15, 0.2) is 9.84 Å². The molecule has 2 rings (SSSR count). The minimum absolute atomic E-state index is 0.0537. The molecule has 3 unspecified atom stereocenters. The van der Waals surface area contributed by atoms with Gasteiger partial charge >= 0.3 is 5.97 Å². The predicted molar refractivity (Wildman–Crippen MR) is 68.3 cm³/mol. The zero-order valence-corrected chi connectivity index (χ0v) is 11.5. The van der Waals surface area contributed by atoms with Crippen LogP contribution in [0.15, 0.2) is 0 Å². The van der Waals surface area contributed by atoms with Gasteiger partial charge in [0.25, 0.3) is 0 Å². The van der Waals surface area contributed by atoms with E-state index in [9.17, 15) is 18.0 Å². The van der Waals surface area contributed by atoms with Crippen LogP contribution in [0.3, 0.4) is 0 Å². The number of aliphatic carboxylic acids is 1. The van der Waals surface area contributed by atoms with Gasteiger partial charge < -0.3 is 10.4 Å². The standard InChI is InChI=1S/C12H19NO5S/c14-11(8-5-6-19(17,18)7-8)13-10-4-2-1-3-9(10)12(15)16/h8-10H,1-7H2,(H,13,14)(H,15,16). The van der Waals surface area contributed by atoms with E-state index in [-0.39, 0.29) is 23.5 Å². The summed E-state index contributed by atoms with van der Waals surface area (Å²) in [5, 5.41) is 11.9. The lowest BCUT2D eigenvalue weighted by molar-refractivity contribution is -0.144. The summed E-state index contributed by atoms with van der Waals surface area (Å²) >= 11 is 0. The van der Waals surface area contributed by atoms with Gasteiger partial charge in [0, 0.05) is 6.04 Å². The van der Waals surface area contributed by atoms with Crippen molar-refractivity contribution in [3.63, 3.8) is 0 Å². The molecule has 2 aliphatic rings. The highest BCUT2D eigenvalue weighted by molar-refractivity contribution is 7.91. The highest BCUT2D eigenvalue weighted by Crippen LogP contribution is 2.26. The number of sulfone groups is 1. The maximum atomic E-state index is 12.0. The molecule has 2 fully saturated rings. The van der Waals surface area contributed by atoms with Crippen LogP contribution in [0.2, 0.25) is 0 Å². The first kappa shape index (κ1) is 14.3. The van der Waals surface area contributed by atoms with Crippen molar-refractivity contribution in [1.82, 2.24) is 5.32 Å². The molecule has 1 aliphatic carbocycles. The summed E-state index contributed by atoms with van der Waals surface area (Å²) in [6.07, 6.45) is 3.34. The molecule has 3 atom stereocenters. The third kappa shape index (κ3) is 3.46. The highest BCUT2D eigenvalue weighted by Gasteiger charge is 2.37. The molecule has 6 nitrogen and oxygen atoms in total. The van der Waals surface area contributed by atoms with Crippen LogP contribution in [0.1, 0.15) is 32.1 Å². The fraction of sp³-hybridized carbons (Fsp3) is 0.833. The van der Waals surface area contributed by atoms with E-state index in [4.69, 9.17) is 5.11 Å². The van der Waals surface area contributed by atoms with Crippen LogP contribution >= 0.6 is 0 Å². The van der Waals surface area contributed by atoms with E-state index in [1.807, 2.05) is 0 Å². The molecule has 0 aromatic carbocycles. The summed E-state index contributed by atoms with van der Waals surface area (Å²) in [6, 6.07) is -0.359. The van der Waals surface area contributed by atoms with Gasteiger partial charge in [0.1, 0.15) is 0 Å². The quantitative estimate of drug-likeness (QED) is 0.772. The molecule has 0 aromatic heterocycles. The van der Waals surface area contributed by atoms with Crippen molar-refractivity contribution in [3.05, 3.63) is 0 Å². The molecule has 0 aromatic rings. The van der Waals surface area contributed by atoms with Gasteiger partial charge in [-0.05, 0) is 19.3 Å². The Morgan fingerprint density at radius 3 is 2.37 bits per heavy atom. The van der Waals surface area contributed by atoms with E-state index in [2.05, 4.69) is 5.32 Å². The van der Waals surface area contributed by atoms with Crippen molar-refractivity contribution >= 4 is 21.7 Å². The lowest BCUT2D eigenvalue weighted by Crippen LogP contribution is -2.47. The summed E-state index contributed by atoms with van der Waals surface area (Å²) in [4.78, 5) is 23.1. The average Bonchev–Trinajstić information content (AvgIpc) is 2.70. The molecule has 2 N–H and O–H groups in total. The number of carboxylic acids is 1. The summed E-state index contributed by atoms with van der Waals surface area (Å²) in [5.74, 6) is -2.30. The Hall–Kier alpha value is -1.11. The zero-order valence-electron chi connectivity index (χ0n) is 10.7. The second-order valence-electron chi connectivity index (χ2n) is 5.44. The average molecular weight is 289 g/mol. The third-order valence-electron chi connectivity index (χ3n) is 4.01. The summed E-state index contributed by atoms with van der Waals surface area (Å²) in [5.41, 5.74) is 0. The lowest BCUT2D eigenvalue weighted by Gasteiger charge is -2.30. The molecule has 19 heavy (non-hydrogen) atoms. The summed E-state index contributed by atoms with van der Waals surface area (Å²) in [7, 11) is -3.09. The number of rotatable bonds is 3. The maximum Gasteiger partial charge on any atom is 0.308 e. The van der Waals surface area contributed by atoms with Crippen LogP contribution in [0.5, 0.6) is 0 Å². The van der Waals surface area contributed by atoms with Gasteiger partial charge in [0.05, 0.1) is 23.3 Å². The smallest absolute Gasteiger partial charge is 0.308 e. The molecule has 1 aliphatic heterocycles. The molecule has 7 heteroatoms. The van der Waals surface area contributed by atoms with Crippen molar-refractivity contribution < 1.29 is 23.1 Å². The molecular formula is C12H19NO5S. The minimum atomic E-state index is -3.09. The lowest BCUT2D eigenvalue weighted by atomic mass is 9.84.